The van der Waals surface area contributed by atoms with Gasteiger partial charge < -0.3 is 9.80 Å². The van der Waals surface area contributed by atoms with Gasteiger partial charge in [0.1, 0.15) is 12.0 Å². The fraction of sp³-hybridized carbons (Fsp3) is 0.294. The normalized spacial score (nSPS) is 14.5. The monoisotopic (exact) mass is 371 g/mol. The van der Waals surface area contributed by atoms with Crippen LogP contribution in [0.2, 0.25) is 0 Å². The standard InChI is InChI=1S/C17H17N5O5/c23-17(13-2-4-14(5-3-13)21(24)25)20-9-1-8-19(10-11-20)16-7-6-15(12-18-16)22(26)27/h2-7,12H,1,8-11H2. The van der Waals surface area contributed by atoms with E-state index in [1.165, 1.54) is 36.5 Å². The predicted octanol–water partition coefficient (Wildman–Crippen LogP) is 2.25. The molecule has 3 rings (SSSR count). The third-order valence-corrected chi connectivity index (χ3v) is 4.38. The average Bonchev–Trinajstić information content (AvgIpc) is 2.94. The Hall–Kier alpha value is -3.56. The Kier molecular flexibility index (Phi) is 5.25. The summed E-state index contributed by atoms with van der Waals surface area (Å²) in [4.78, 5) is 40.9. The fourth-order valence-electron chi connectivity index (χ4n) is 2.93. The lowest BCUT2D eigenvalue weighted by atomic mass is 10.2. The third-order valence-electron chi connectivity index (χ3n) is 4.38. The second kappa shape index (κ2) is 7.77. The van der Waals surface area contributed by atoms with Gasteiger partial charge in [-0.05, 0) is 24.6 Å². The number of pyridine rings is 1. The minimum atomic E-state index is -0.505. The molecule has 0 atom stereocenters. The highest BCUT2D eigenvalue weighted by molar-refractivity contribution is 5.94. The van der Waals surface area contributed by atoms with Gasteiger partial charge in [-0.25, -0.2) is 4.98 Å². The number of carbonyl (C=O) groups excluding carboxylic acids is 1. The van der Waals surface area contributed by atoms with Crippen molar-refractivity contribution in [1.29, 1.82) is 0 Å². The van der Waals surface area contributed by atoms with E-state index >= 15 is 0 Å². The van der Waals surface area contributed by atoms with Crippen LogP contribution in [0.1, 0.15) is 16.8 Å². The molecule has 2 aromatic rings. The second-order valence-electron chi connectivity index (χ2n) is 6.07. The molecule has 1 aromatic heterocycles. The highest BCUT2D eigenvalue weighted by Crippen LogP contribution is 2.19. The molecular weight excluding hydrogens is 354 g/mol. The van der Waals surface area contributed by atoms with E-state index in [0.29, 0.717) is 37.6 Å². The lowest BCUT2D eigenvalue weighted by molar-refractivity contribution is -0.385. The third kappa shape index (κ3) is 4.17. The first-order valence-electron chi connectivity index (χ1n) is 8.35. The van der Waals surface area contributed by atoms with Crippen LogP contribution in [0.15, 0.2) is 42.6 Å². The van der Waals surface area contributed by atoms with Gasteiger partial charge in [0.15, 0.2) is 0 Å². The number of aromatic nitrogens is 1. The summed E-state index contributed by atoms with van der Waals surface area (Å²) in [5.74, 6) is 0.452. The molecule has 1 aromatic carbocycles. The summed E-state index contributed by atoms with van der Waals surface area (Å²) in [6, 6.07) is 8.57. The van der Waals surface area contributed by atoms with Gasteiger partial charge in [0, 0.05) is 49.9 Å². The van der Waals surface area contributed by atoms with Crippen LogP contribution in [0.5, 0.6) is 0 Å². The maximum Gasteiger partial charge on any atom is 0.287 e. The Morgan fingerprint density at radius 1 is 0.889 bits per heavy atom. The Bertz CT molecular complexity index is 853. The smallest absolute Gasteiger partial charge is 0.287 e. The lowest BCUT2D eigenvalue weighted by Gasteiger charge is -2.22. The highest BCUT2D eigenvalue weighted by Gasteiger charge is 2.22. The number of benzene rings is 1. The Balaban J connectivity index is 1.66. The van der Waals surface area contributed by atoms with Gasteiger partial charge in [-0.3, -0.25) is 25.0 Å². The number of nitrogens with zero attached hydrogens (tertiary/aromatic N) is 5. The number of amides is 1. The van der Waals surface area contributed by atoms with Gasteiger partial charge >= 0.3 is 0 Å². The topological polar surface area (TPSA) is 123 Å². The molecule has 1 fully saturated rings. The Labute approximate surface area is 154 Å². The van der Waals surface area contributed by atoms with E-state index in [1.807, 2.05) is 4.90 Å². The molecule has 0 unspecified atom stereocenters. The molecule has 1 saturated heterocycles. The van der Waals surface area contributed by atoms with E-state index in [0.717, 1.165) is 6.42 Å². The van der Waals surface area contributed by atoms with Crippen molar-refractivity contribution in [3.8, 4) is 0 Å². The molecule has 0 spiro atoms. The fourth-order valence-corrected chi connectivity index (χ4v) is 2.93. The van der Waals surface area contributed by atoms with Crippen LogP contribution in [0.3, 0.4) is 0 Å². The minimum absolute atomic E-state index is 0.0576. The minimum Gasteiger partial charge on any atom is -0.355 e. The first-order valence-corrected chi connectivity index (χ1v) is 8.35. The summed E-state index contributed by atoms with van der Waals surface area (Å²) in [5, 5.41) is 21.4. The van der Waals surface area contributed by atoms with Crippen molar-refractivity contribution in [2.75, 3.05) is 31.1 Å². The summed E-state index contributed by atoms with van der Waals surface area (Å²) in [6.45, 7) is 2.24. The SMILES string of the molecule is O=C(c1ccc([N+](=O)[O-])cc1)N1CCCN(c2ccc([N+](=O)[O-])cn2)CC1. The molecular formula is C17H17N5O5. The van der Waals surface area contributed by atoms with Gasteiger partial charge in [-0.2, -0.15) is 0 Å². The quantitative estimate of drug-likeness (QED) is 0.596. The molecule has 0 radical (unpaired) electrons. The number of rotatable bonds is 4. The second-order valence-corrected chi connectivity index (χ2v) is 6.07. The first-order chi connectivity index (χ1) is 13.0. The zero-order valence-corrected chi connectivity index (χ0v) is 14.4. The van der Waals surface area contributed by atoms with Gasteiger partial charge in [0.25, 0.3) is 17.3 Å². The maximum absolute atomic E-state index is 12.6. The van der Waals surface area contributed by atoms with Crippen LogP contribution in [-0.4, -0.2) is 51.8 Å². The summed E-state index contributed by atoms with van der Waals surface area (Å²) in [6.07, 6.45) is 1.94. The Morgan fingerprint density at radius 3 is 2.15 bits per heavy atom. The molecule has 27 heavy (non-hydrogen) atoms. The van der Waals surface area contributed by atoms with Crippen molar-refractivity contribution in [2.24, 2.45) is 0 Å². The number of carbonyl (C=O) groups is 1. The van der Waals surface area contributed by atoms with Crippen LogP contribution in [0, 0.1) is 20.2 Å². The molecule has 0 bridgehead atoms. The molecule has 10 nitrogen and oxygen atoms in total. The van der Waals surface area contributed by atoms with Crippen molar-refractivity contribution in [3.63, 3.8) is 0 Å². The summed E-state index contributed by atoms with van der Waals surface area (Å²) in [5.41, 5.74) is 0.281. The number of anilines is 1. The summed E-state index contributed by atoms with van der Waals surface area (Å²) >= 11 is 0. The van der Waals surface area contributed by atoms with E-state index in [1.54, 1.807) is 11.0 Å². The van der Waals surface area contributed by atoms with Gasteiger partial charge in [0.2, 0.25) is 0 Å². The van der Waals surface area contributed by atoms with E-state index in [9.17, 15) is 25.0 Å². The number of non-ortho nitro benzene ring substituents is 1. The van der Waals surface area contributed by atoms with Crippen molar-refractivity contribution in [3.05, 3.63) is 68.4 Å². The van der Waals surface area contributed by atoms with Crippen LogP contribution in [-0.2, 0) is 0 Å². The molecule has 140 valence electrons. The van der Waals surface area contributed by atoms with Crippen LogP contribution in [0.25, 0.3) is 0 Å². The van der Waals surface area contributed by atoms with E-state index in [-0.39, 0.29) is 17.3 Å². The van der Waals surface area contributed by atoms with Crippen LogP contribution >= 0.6 is 0 Å². The first kappa shape index (κ1) is 18.2. The molecule has 2 heterocycles. The zero-order valence-electron chi connectivity index (χ0n) is 14.4. The van der Waals surface area contributed by atoms with Gasteiger partial charge in [0.05, 0.1) is 9.85 Å². The van der Waals surface area contributed by atoms with E-state index in [2.05, 4.69) is 4.98 Å². The van der Waals surface area contributed by atoms with Crippen molar-refractivity contribution < 1.29 is 14.6 Å². The largest absolute Gasteiger partial charge is 0.355 e. The van der Waals surface area contributed by atoms with Crippen LogP contribution < -0.4 is 4.90 Å². The molecule has 1 aliphatic heterocycles. The Morgan fingerprint density at radius 2 is 1.56 bits per heavy atom. The van der Waals surface area contributed by atoms with Gasteiger partial charge in [-0.15, -0.1) is 0 Å². The highest BCUT2D eigenvalue weighted by atomic mass is 16.6. The predicted molar refractivity (Wildman–Crippen MR) is 96.7 cm³/mol. The van der Waals surface area contributed by atoms with E-state index in [4.69, 9.17) is 0 Å². The summed E-state index contributed by atoms with van der Waals surface area (Å²) in [7, 11) is 0. The van der Waals surface area contributed by atoms with Crippen molar-refractivity contribution in [1.82, 2.24) is 9.88 Å². The lowest BCUT2D eigenvalue weighted by Crippen LogP contribution is -2.35. The molecule has 0 N–H and O–H groups in total. The molecule has 0 saturated carbocycles. The van der Waals surface area contributed by atoms with Gasteiger partial charge in [-0.1, -0.05) is 0 Å². The number of hydrogen-bond donors (Lipinski definition) is 0. The molecule has 1 amide bonds. The zero-order chi connectivity index (χ0) is 19.4. The summed E-state index contributed by atoms with van der Waals surface area (Å²) < 4.78 is 0. The van der Waals surface area contributed by atoms with Crippen molar-refractivity contribution >= 4 is 23.1 Å². The molecule has 1 aliphatic rings. The average molecular weight is 371 g/mol. The molecule has 0 aliphatic carbocycles. The van der Waals surface area contributed by atoms with Crippen molar-refractivity contribution in [2.45, 2.75) is 6.42 Å². The van der Waals surface area contributed by atoms with E-state index < -0.39 is 9.85 Å². The number of nitro benzene ring substituents is 1. The number of nitro groups is 2. The number of hydrogen-bond acceptors (Lipinski definition) is 7. The van der Waals surface area contributed by atoms with Crippen LogP contribution in [0.4, 0.5) is 17.2 Å². The maximum atomic E-state index is 12.6. The molecule has 10 heteroatoms.